The number of hydrogen-bond acceptors (Lipinski definition) is 11. The van der Waals surface area contributed by atoms with Crippen LogP contribution in [0.3, 0.4) is 0 Å². The van der Waals surface area contributed by atoms with Crippen molar-refractivity contribution >= 4 is 64.6 Å². The molecule has 1 aliphatic carbocycles. The molecule has 11 heteroatoms. The van der Waals surface area contributed by atoms with Crippen LogP contribution in [0.1, 0.15) is 78.8 Å². The van der Waals surface area contributed by atoms with E-state index in [1.165, 1.54) is 31.2 Å². The number of rotatable bonds is 3. The Bertz CT molecular complexity index is 3150. The summed E-state index contributed by atoms with van der Waals surface area (Å²) in [5.74, 6) is -6.96. The maximum absolute atomic E-state index is 15.0. The minimum absolute atomic E-state index is 0.00244. The summed E-state index contributed by atoms with van der Waals surface area (Å²) in [4.78, 5) is 29.9. The van der Waals surface area contributed by atoms with Crippen molar-refractivity contribution in [3.8, 4) is 51.7 Å². The first-order valence-electron chi connectivity index (χ1n) is 17.1. The zero-order chi connectivity index (χ0) is 38.0. The molecule has 8 aromatic carbocycles. The molecule has 9 rings (SSSR count). The lowest BCUT2D eigenvalue weighted by Crippen LogP contribution is -2.11. The van der Waals surface area contributed by atoms with Crippen molar-refractivity contribution in [2.24, 2.45) is 0 Å². The van der Waals surface area contributed by atoms with Gasteiger partial charge >= 0.3 is 0 Å². The third-order valence-corrected chi connectivity index (χ3v) is 11.4. The fourth-order valence-electron chi connectivity index (χ4n) is 9.24. The highest BCUT2D eigenvalue weighted by Gasteiger charge is 2.40. The summed E-state index contributed by atoms with van der Waals surface area (Å²) in [7, 11) is 0. The molecule has 8 aromatic rings. The van der Waals surface area contributed by atoms with Crippen molar-refractivity contribution in [1.29, 1.82) is 0 Å². The van der Waals surface area contributed by atoms with E-state index in [0.29, 0.717) is 5.56 Å². The zero-order valence-electron chi connectivity index (χ0n) is 29.0. The van der Waals surface area contributed by atoms with Gasteiger partial charge in [-0.3, -0.25) is 9.59 Å². The van der Waals surface area contributed by atoms with Gasteiger partial charge in [-0.2, -0.15) is 0 Å². The summed E-state index contributed by atoms with van der Waals surface area (Å²) in [6, 6.07) is 6.76. The van der Waals surface area contributed by atoms with Crippen LogP contribution in [-0.4, -0.2) is 46.0 Å². The molecule has 0 saturated carbocycles. The fraction of sp³-hybridized carbons (Fsp3) is 0.190. The molecule has 0 heterocycles. The normalized spacial score (nSPS) is 14.4. The molecule has 1 aliphatic rings. The van der Waals surface area contributed by atoms with Crippen molar-refractivity contribution in [3.05, 3.63) is 84.2 Å². The maximum atomic E-state index is 15.0. The van der Waals surface area contributed by atoms with Crippen molar-refractivity contribution in [2.75, 3.05) is 0 Å². The molecule has 1 atom stereocenters. The summed E-state index contributed by atoms with van der Waals surface area (Å²) >= 11 is 0. The van der Waals surface area contributed by atoms with E-state index in [2.05, 4.69) is 0 Å². The van der Waals surface area contributed by atoms with Gasteiger partial charge in [0, 0.05) is 82.9 Å². The van der Waals surface area contributed by atoms with Gasteiger partial charge in [0.2, 0.25) is 10.9 Å². The molecule has 0 unspecified atom stereocenters. The van der Waals surface area contributed by atoms with E-state index >= 15 is 0 Å². The van der Waals surface area contributed by atoms with Crippen LogP contribution in [0.5, 0.6) is 51.7 Å². The third-order valence-electron chi connectivity index (χ3n) is 11.4. The van der Waals surface area contributed by atoms with Gasteiger partial charge in [-0.1, -0.05) is 39.8 Å². The van der Waals surface area contributed by atoms with E-state index in [0.717, 1.165) is 6.07 Å². The summed E-state index contributed by atoms with van der Waals surface area (Å²) in [6.45, 7) is 8.10. The minimum atomic E-state index is -1.24. The lowest BCUT2D eigenvalue weighted by atomic mass is 9.79. The largest absolute Gasteiger partial charge is 0.508 e. The van der Waals surface area contributed by atoms with E-state index in [1.807, 2.05) is 0 Å². The number of phenols is 9. The van der Waals surface area contributed by atoms with E-state index in [9.17, 15) is 55.5 Å². The second-order valence-electron chi connectivity index (χ2n) is 14.8. The molecule has 53 heavy (non-hydrogen) atoms. The first kappa shape index (κ1) is 32.3. The molecule has 0 bridgehead atoms. The average Bonchev–Trinajstić information content (AvgIpc) is 3.21. The highest BCUT2D eigenvalue weighted by Crippen LogP contribution is 2.62. The van der Waals surface area contributed by atoms with Crippen molar-refractivity contribution in [3.63, 3.8) is 0 Å². The van der Waals surface area contributed by atoms with Crippen LogP contribution in [0.25, 0.3) is 64.6 Å². The number of benzene rings is 8. The van der Waals surface area contributed by atoms with E-state index in [4.69, 9.17) is 0 Å². The molecule has 0 fully saturated rings. The first-order valence-corrected chi connectivity index (χ1v) is 17.1. The maximum Gasteiger partial charge on any atom is 0.201 e. The molecule has 11 nitrogen and oxygen atoms in total. The number of fused-ring (bicyclic) bond motifs is 1. The van der Waals surface area contributed by atoms with Gasteiger partial charge in [-0.05, 0) is 36.5 Å². The Morgan fingerprint density at radius 2 is 0.868 bits per heavy atom. The first-order chi connectivity index (χ1) is 25.0. The average molecular weight is 713 g/mol. The highest BCUT2D eigenvalue weighted by atomic mass is 16.3. The van der Waals surface area contributed by atoms with Crippen LogP contribution in [0, 0.1) is 6.92 Å². The van der Waals surface area contributed by atoms with Gasteiger partial charge in [0.25, 0.3) is 0 Å². The van der Waals surface area contributed by atoms with Gasteiger partial charge in [-0.15, -0.1) is 0 Å². The van der Waals surface area contributed by atoms with Crippen LogP contribution >= 0.6 is 0 Å². The van der Waals surface area contributed by atoms with Gasteiger partial charge in [0.1, 0.15) is 51.7 Å². The molecule has 266 valence electrons. The topological polar surface area (TPSA) is 216 Å². The minimum Gasteiger partial charge on any atom is -0.508 e. The SMILES string of the molecule is Cc1c(O)c2c3c(c1O)c(=O)c1c(O)c(C(C)C)c(O)c4c5c(O)c(C(C)C)c(O)c6c(=O)c7c(O)cc(O)c(c7c(c65)c3c14)[C@H]2c1ccc(O)cc1. The van der Waals surface area contributed by atoms with Gasteiger partial charge in [0.05, 0.1) is 21.5 Å². The Hall–Kier alpha value is -6.62. The Morgan fingerprint density at radius 1 is 0.453 bits per heavy atom. The van der Waals surface area contributed by atoms with Crippen LogP contribution in [0.15, 0.2) is 39.9 Å². The molecule has 0 aliphatic heterocycles. The molecule has 0 aromatic heterocycles. The Morgan fingerprint density at radius 3 is 1.36 bits per heavy atom. The Kier molecular flexibility index (Phi) is 6.11. The summed E-state index contributed by atoms with van der Waals surface area (Å²) in [6.07, 6.45) is 0. The number of aromatic hydroxyl groups is 9. The lowest BCUT2D eigenvalue weighted by molar-refractivity contribution is 0.438. The number of phenolic OH excluding ortho intramolecular Hbond substituents is 9. The van der Waals surface area contributed by atoms with Crippen LogP contribution in [-0.2, 0) is 0 Å². The molecule has 0 radical (unpaired) electrons. The van der Waals surface area contributed by atoms with Crippen LogP contribution in [0.4, 0.5) is 0 Å². The van der Waals surface area contributed by atoms with Gasteiger partial charge < -0.3 is 46.0 Å². The molecule has 0 saturated heterocycles. The summed E-state index contributed by atoms with van der Waals surface area (Å²) < 4.78 is 0. The molecular weight excluding hydrogens is 680 g/mol. The predicted molar refractivity (Wildman–Crippen MR) is 202 cm³/mol. The lowest BCUT2D eigenvalue weighted by Gasteiger charge is -2.25. The third kappa shape index (κ3) is 3.54. The Balaban J connectivity index is 1.84. The van der Waals surface area contributed by atoms with Gasteiger partial charge in [-0.25, -0.2) is 0 Å². The number of hydrogen-bond donors (Lipinski definition) is 9. The Labute approximate surface area is 298 Å². The van der Waals surface area contributed by atoms with Gasteiger partial charge in [0.15, 0.2) is 0 Å². The van der Waals surface area contributed by atoms with Crippen molar-refractivity contribution in [2.45, 2.75) is 52.4 Å². The molecule has 0 amide bonds. The second-order valence-corrected chi connectivity index (χ2v) is 14.8. The van der Waals surface area contributed by atoms with E-state index < -0.39 is 74.6 Å². The van der Waals surface area contributed by atoms with Crippen molar-refractivity contribution in [1.82, 2.24) is 0 Å². The summed E-state index contributed by atoms with van der Waals surface area (Å²) in [5.41, 5.74) is -1.57. The highest BCUT2D eigenvalue weighted by molar-refractivity contribution is 6.46. The van der Waals surface area contributed by atoms with Crippen LogP contribution < -0.4 is 10.9 Å². The van der Waals surface area contributed by atoms with Crippen molar-refractivity contribution < 1.29 is 46.0 Å². The monoisotopic (exact) mass is 712 g/mol. The molecule has 9 N–H and O–H groups in total. The molecule has 0 spiro atoms. The van der Waals surface area contributed by atoms with E-state index in [-0.39, 0.29) is 98.2 Å². The molecular formula is C42H32O11. The predicted octanol–water partition coefficient (Wildman–Crippen LogP) is 7.60. The second kappa shape index (κ2) is 10.0. The van der Waals surface area contributed by atoms with Crippen LogP contribution in [0.2, 0.25) is 0 Å². The van der Waals surface area contributed by atoms with E-state index in [1.54, 1.807) is 27.7 Å². The summed E-state index contributed by atoms with van der Waals surface area (Å²) in [5, 5.41) is 104. The standard InChI is InChI=1S/C42H32O11/c1-11(2)18-37(48)30-27-24-23-21(16(44)10-17(45)22(23)41(52)33(27)39(18)50)20(14-6-8-15(43)9-7-14)29-26-25(24)28-31(30)38(49)19(12(3)4)40(51)34(28)42(53)32(26)36(47)13(5)35(29)46/h6-12,20,43-51H,1-5H3/t20-/m1/s1. The zero-order valence-corrected chi connectivity index (χ0v) is 29.0. The smallest absolute Gasteiger partial charge is 0.201 e. The quantitative estimate of drug-likeness (QED) is 0.0642. The fourth-order valence-corrected chi connectivity index (χ4v) is 9.24.